The Morgan fingerprint density at radius 3 is 2.64 bits per heavy atom. The first-order valence-electron chi connectivity index (χ1n) is 4.38. The molecule has 0 aromatic rings. The molecule has 0 bridgehead atoms. The van der Waals surface area contributed by atoms with Crippen molar-refractivity contribution in [1.29, 1.82) is 0 Å². The van der Waals surface area contributed by atoms with Crippen LogP contribution >= 0.6 is 0 Å². The first kappa shape index (κ1) is 10.9. The summed E-state index contributed by atoms with van der Waals surface area (Å²) in [6.45, 7) is 1.93. The van der Waals surface area contributed by atoms with Crippen molar-refractivity contribution in [3.63, 3.8) is 0 Å². The van der Waals surface area contributed by atoms with Crippen LogP contribution in [-0.2, 0) is 9.59 Å². The molecular formula is C8H14N2O4. The second-order valence-corrected chi connectivity index (χ2v) is 3.46. The number of carbonyl (C=O) groups excluding carboxylic acids is 1. The average molecular weight is 202 g/mol. The van der Waals surface area contributed by atoms with E-state index in [0.29, 0.717) is 6.54 Å². The van der Waals surface area contributed by atoms with Crippen molar-refractivity contribution in [3.8, 4) is 0 Å². The van der Waals surface area contributed by atoms with Crippen molar-refractivity contribution in [1.82, 2.24) is 10.2 Å². The van der Waals surface area contributed by atoms with Gasteiger partial charge in [-0.2, -0.15) is 0 Å². The van der Waals surface area contributed by atoms with Crippen LogP contribution in [0.15, 0.2) is 0 Å². The van der Waals surface area contributed by atoms with E-state index in [-0.39, 0.29) is 25.0 Å². The molecule has 1 aliphatic heterocycles. The molecule has 1 amide bonds. The van der Waals surface area contributed by atoms with E-state index >= 15 is 0 Å². The third-order valence-electron chi connectivity index (χ3n) is 2.11. The fourth-order valence-electron chi connectivity index (χ4n) is 1.59. The summed E-state index contributed by atoms with van der Waals surface area (Å²) in [5.74, 6) is -1.15. The topological polar surface area (TPSA) is 89.9 Å². The fourth-order valence-corrected chi connectivity index (χ4v) is 1.59. The maximum Gasteiger partial charge on any atom is 0.317 e. The Bertz CT molecular complexity index is 243. The van der Waals surface area contributed by atoms with E-state index in [1.54, 1.807) is 4.90 Å². The molecule has 0 aromatic heterocycles. The zero-order valence-corrected chi connectivity index (χ0v) is 7.93. The molecule has 1 heterocycles. The minimum Gasteiger partial charge on any atom is -0.480 e. The van der Waals surface area contributed by atoms with Crippen LogP contribution in [0.3, 0.4) is 0 Å². The molecule has 1 rings (SSSR count). The summed E-state index contributed by atoms with van der Waals surface area (Å²) >= 11 is 0. The maximum absolute atomic E-state index is 10.7. The minimum absolute atomic E-state index is 0.104. The van der Waals surface area contributed by atoms with Crippen molar-refractivity contribution < 1.29 is 19.8 Å². The van der Waals surface area contributed by atoms with Gasteiger partial charge in [-0.05, 0) is 0 Å². The lowest BCUT2D eigenvalue weighted by Gasteiger charge is -2.14. The Balaban J connectivity index is 2.42. The predicted molar refractivity (Wildman–Crippen MR) is 47.7 cm³/mol. The molecule has 14 heavy (non-hydrogen) atoms. The number of aliphatic hydroxyl groups excluding tert-OH is 1. The second-order valence-electron chi connectivity index (χ2n) is 3.46. The molecule has 80 valence electrons. The molecular weight excluding hydrogens is 188 g/mol. The number of carboxylic acid groups (broad SMARTS) is 1. The number of carbonyl (C=O) groups is 2. The van der Waals surface area contributed by atoms with Crippen molar-refractivity contribution in [2.24, 2.45) is 0 Å². The summed E-state index contributed by atoms with van der Waals surface area (Å²) in [4.78, 5) is 22.7. The van der Waals surface area contributed by atoms with Crippen LogP contribution in [-0.4, -0.2) is 58.8 Å². The normalized spacial score (nSPS) is 27.6. The molecule has 6 heteroatoms. The number of nitrogens with one attached hydrogen (secondary N) is 1. The van der Waals surface area contributed by atoms with Crippen LogP contribution in [0.4, 0.5) is 0 Å². The summed E-state index contributed by atoms with van der Waals surface area (Å²) in [6, 6.07) is -0.355. The van der Waals surface area contributed by atoms with Crippen LogP contribution in [0.5, 0.6) is 0 Å². The standard InChI is InChI=1S/C8H14N2O4/c1-5(11)9-6-2-10(3-7(6)12)4-8(13)14/h6-7,12H,2-4H2,1H3,(H,9,11)(H,13,14)/t6-,7+/m0/s1. The van der Waals surface area contributed by atoms with Crippen molar-refractivity contribution in [2.75, 3.05) is 19.6 Å². The van der Waals surface area contributed by atoms with E-state index in [1.807, 2.05) is 0 Å². The number of hydrogen-bond donors (Lipinski definition) is 3. The zero-order chi connectivity index (χ0) is 10.7. The van der Waals surface area contributed by atoms with Gasteiger partial charge in [0, 0.05) is 20.0 Å². The van der Waals surface area contributed by atoms with E-state index < -0.39 is 12.1 Å². The number of aliphatic hydroxyl groups is 1. The largest absolute Gasteiger partial charge is 0.480 e. The Morgan fingerprint density at radius 1 is 1.50 bits per heavy atom. The highest BCUT2D eigenvalue weighted by atomic mass is 16.4. The minimum atomic E-state index is -0.930. The third kappa shape index (κ3) is 2.97. The SMILES string of the molecule is CC(=O)N[C@H]1CN(CC(=O)O)C[C@H]1O. The highest BCUT2D eigenvalue weighted by Crippen LogP contribution is 2.09. The number of nitrogens with zero attached hydrogens (tertiary/aromatic N) is 1. The quantitative estimate of drug-likeness (QED) is 0.505. The van der Waals surface area contributed by atoms with Gasteiger partial charge in [0.05, 0.1) is 18.7 Å². The third-order valence-corrected chi connectivity index (χ3v) is 2.11. The molecule has 0 saturated carbocycles. The second kappa shape index (κ2) is 4.39. The summed E-state index contributed by atoms with van der Waals surface area (Å²) in [6.07, 6.45) is -0.682. The monoisotopic (exact) mass is 202 g/mol. The first-order valence-corrected chi connectivity index (χ1v) is 4.38. The van der Waals surface area contributed by atoms with E-state index in [1.165, 1.54) is 6.92 Å². The molecule has 0 spiro atoms. The van der Waals surface area contributed by atoms with E-state index in [2.05, 4.69) is 5.32 Å². The molecule has 3 N–H and O–H groups in total. The van der Waals surface area contributed by atoms with E-state index in [0.717, 1.165) is 0 Å². The number of rotatable bonds is 3. The summed E-state index contributed by atoms with van der Waals surface area (Å²) < 4.78 is 0. The van der Waals surface area contributed by atoms with Gasteiger partial charge in [0.25, 0.3) is 0 Å². The van der Waals surface area contributed by atoms with Gasteiger partial charge in [-0.25, -0.2) is 0 Å². The smallest absolute Gasteiger partial charge is 0.317 e. The number of carboxylic acids is 1. The summed E-state index contributed by atoms with van der Waals surface area (Å²) in [7, 11) is 0. The molecule has 0 aliphatic carbocycles. The number of hydrogen-bond acceptors (Lipinski definition) is 4. The van der Waals surface area contributed by atoms with Crippen molar-refractivity contribution in [2.45, 2.75) is 19.1 Å². The van der Waals surface area contributed by atoms with Gasteiger partial charge in [-0.3, -0.25) is 14.5 Å². The van der Waals surface area contributed by atoms with Crippen molar-refractivity contribution in [3.05, 3.63) is 0 Å². The molecule has 6 nitrogen and oxygen atoms in total. The summed E-state index contributed by atoms with van der Waals surface area (Å²) in [5.41, 5.74) is 0. The maximum atomic E-state index is 10.7. The summed E-state index contributed by atoms with van der Waals surface area (Å²) in [5, 5.41) is 20.6. The highest BCUT2D eigenvalue weighted by Gasteiger charge is 2.32. The van der Waals surface area contributed by atoms with Crippen molar-refractivity contribution >= 4 is 11.9 Å². The lowest BCUT2D eigenvalue weighted by molar-refractivity contribution is -0.138. The van der Waals surface area contributed by atoms with Gasteiger partial charge in [0.15, 0.2) is 0 Å². The van der Waals surface area contributed by atoms with Gasteiger partial charge in [0.2, 0.25) is 5.91 Å². The molecule has 0 radical (unpaired) electrons. The first-order chi connectivity index (χ1) is 6.49. The van der Waals surface area contributed by atoms with E-state index in [4.69, 9.17) is 5.11 Å². The van der Waals surface area contributed by atoms with Crippen LogP contribution in [0.2, 0.25) is 0 Å². The lowest BCUT2D eigenvalue weighted by Crippen LogP contribution is -2.41. The van der Waals surface area contributed by atoms with Gasteiger partial charge < -0.3 is 15.5 Å². The molecule has 2 atom stereocenters. The van der Waals surface area contributed by atoms with Gasteiger partial charge in [-0.15, -0.1) is 0 Å². The van der Waals surface area contributed by atoms with Gasteiger partial charge >= 0.3 is 5.97 Å². The van der Waals surface area contributed by atoms with Crippen LogP contribution < -0.4 is 5.32 Å². The molecule has 0 unspecified atom stereocenters. The highest BCUT2D eigenvalue weighted by molar-refractivity contribution is 5.73. The average Bonchev–Trinajstić information content (AvgIpc) is 2.28. The molecule has 1 aliphatic rings. The number of likely N-dealkylation sites (tertiary alicyclic amines) is 1. The fraction of sp³-hybridized carbons (Fsp3) is 0.750. The van der Waals surface area contributed by atoms with Crippen LogP contribution in [0.25, 0.3) is 0 Å². The number of β-amino-alcohol motifs (C(OH)–C–C–N with tert-alkyl or cyclic N) is 1. The van der Waals surface area contributed by atoms with Gasteiger partial charge in [-0.1, -0.05) is 0 Å². The lowest BCUT2D eigenvalue weighted by atomic mass is 10.2. The Morgan fingerprint density at radius 2 is 2.14 bits per heavy atom. The molecule has 1 saturated heterocycles. The predicted octanol–water partition coefficient (Wildman–Crippen LogP) is -1.75. The Kier molecular flexibility index (Phi) is 3.43. The van der Waals surface area contributed by atoms with Gasteiger partial charge in [0.1, 0.15) is 0 Å². The Hall–Kier alpha value is -1.14. The van der Waals surface area contributed by atoms with Crippen LogP contribution in [0.1, 0.15) is 6.92 Å². The zero-order valence-electron chi connectivity index (χ0n) is 7.93. The van der Waals surface area contributed by atoms with Crippen LogP contribution in [0, 0.1) is 0 Å². The number of amides is 1. The molecule has 1 fully saturated rings. The van der Waals surface area contributed by atoms with E-state index in [9.17, 15) is 14.7 Å². The molecule has 0 aromatic carbocycles. The number of aliphatic carboxylic acids is 1. The Labute approximate surface area is 81.5 Å².